The highest BCUT2D eigenvalue weighted by atomic mass is 16.2. The van der Waals surface area contributed by atoms with E-state index >= 15 is 0 Å². The van der Waals surface area contributed by atoms with Crippen LogP contribution >= 0.6 is 0 Å². The maximum Gasteiger partial charge on any atom is 0.330 e. The van der Waals surface area contributed by atoms with Crippen LogP contribution in [0.3, 0.4) is 0 Å². The van der Waals surface area contributed by atoms with Crippen LogP contribution in [-0.2, 0) is 24.3 Å². The third-order valence-corrected chi connectivity index (χ3v) is 5.28. The van der Waals surface area contributed by atoms with Crippen molar-refractivity contribution in [2.45, 2.75) is 74.9 Å². The van der Waals surface area contributed by atoms with Crippen LogP contribution in [0.1, 0.15) is 58.5 Å². The smallest absolute Gasteiger partial charge is 0.330 e. The number of hydrogen-bond donors (Lipinski definition) is 2. The van der Waals surface area contributed by atoms with Gasteiger partial charge in [0.1, 0.15) is 5.82 Å². The number of carbonyl (C=O) groups is 1. The molecule has 2 rings (SSSR count). The first-order valence-corrected chi connectivity index (χ1v) is 11.3. The Morgan fingerprint density at radius 3 is 2.16 bits per heavy atom. The molecule has 0 unspecified atom stereocenters. The number of nitrogen functional groups attached to an aromatic ring is 1. The molecule has 0 aliphatic heterocycles. The Morgan fingerprint density at radius 2 is 1.62 bits per heavy atom. The number of nitrogens with one attached hydrogen (secondary N) is 1. The number of aryl methyl sites for hydroxylation is 1. The van der Waals surface area contributed by atoms with Gasteiger partial charge in [-0.05, 0) is 31.6 Å². The molecule has 0 spiro atoms. The van der Waals surface area contributed by atoms with Crippen molar-refractivity contribution in [3.05, 3.63) is 37.8 Å². The van der Waals surface area contributed by atoms with E-state index in [-0.39, 0.29) is 35.7 Å². The molecule has 0 aromatic carbocycles. The summed E-state index contributed by atoms with van der Waals surface area (Å²) in [6.45, 7) is 17.3. The van der Waals surface area contributed by atoms with Crippen molar-refractivity contribution in [1.82, 2.24) is 19.3 Å². The zero-order chi connectivity index (χ0) is 24.3. The maximum absolute atomic E-state index is 13.5. The number of carbonyl (C=O) groups excluding carboxylic acids is 1. The van der Waals surface area contributed by atoms with E-state index in [1.807, 2.05) is 46.2 Å². The monoisotopic (exact) mass is 446 g/mol. The molecular formula is C23H38N6O3. The summed E-state index contributed by atoms with van der Waals surface area (Å²) in [7, 11) is 0. The second-order valence-electron chi connectivity index (χ2n) is 9.80. The molecule has 0 bridgehead atoms. The maximum atomic E-state index is 13.5. The highest BCUT2D eigenvalue weighted by Gasteiger charge is 2.27. The molecule has 2 aromatic rings. The van der Waals surface area contributed by atoms with Crippen LogP contribution < -0.4 is 21.9 Å². The van der Waals surface area contributed by atoms with E-state index in [2.05, 4.69) is 23.9 Å². The SMILES string of the molecule is Cc1nn(CC(C)C)c(C)c1CC(=O)N(CC(C)C)c1c(N)n(CC(C)C)c(=O)[nH]c1=O. The summed E-state index contributed by atoms with van der Waals surface area (Å²) in [5, 5.41) is 4.60. The minimum atomic E-state index is -0.648. The fourth-order valence-corrected chi connectivity index (χ4v) is 3.83. The number of amides is 1. The topological polar surface area (TPSA) is 119 Å². The lowest BCUT2D eigenvalue weighted by molar-refractivity contribution is -0.118. The molecule has 9 heteroatoms. The average molecular weight is 447 g/mol. The van der Waals surface area contributed by atoms with Gasteiger partial charge < -0.3 is 10.6 Å². The lowest BCUT2D eigenvalue weighted by Crippen LogP contribution is -2.43. The first-order valence-electron chi connectivity index (χ1n) is 11.3. The summed E-state index contributed by atoms with van der Waals surface area (Å²) in [5.41, 5.74) is 7.71. The molecule has 0 radical (unpaired) electrons. The number of H-pyrrole nitrogens is 1. The van der Waals surface area contributed by atoms with Crippen molar-refractivity contribution in [1.29, 1.82) is 0 Å². The molecule has 0 aliphatic rings. The number of aromatic nitrogens is 4. The van der Waals surface area contributed by atoms with Crippen molar-refractivity contribution in [3.8, 4) is 0 Å². The molecular weight excluding hydrogens is 408 g/mol. The van der Waals surface area contributed by atoms with Crippen LogP contribution in [0.15, 0.2) is 9.59 Å². The number of nitrogens with two attached hydrogens (primary N) is 1. The average Bonchev–Trinajstić information content (AvgIpc) is 2.90. The van der Waals surface area contributed by atoms with Crippen molar-refractivity contribution < 1.29 is 4.79 Å². The zero-order valence-electron chi connectivity index (χ0n) is 20.7. The largest absolute Gasteiger partial charge is 0.383 e. The van der Waals surface area contributed by atoms with Crippen molar-refractivity contribution in [2.24, 2.45) is 17.8 Å². The predicted octanol–water partition coefficient (Wildman–Crippen LogP) is 2.48. The number of anilines is 2. The van der Waals surface area contributed by atoms with Gasteiger partial charge in [0.15, 0.2) is 5.69 Å². The molecule has 0 aliphatic carbocycles. The van der Waals surface area contributed by atoms with E-state index in [4.69, 9.17) is 5.73 Å². The molecule has 0 saturated heterocycles. The fourth-order valence-electron chi connectivity index (χ4n) is 3.83. The summed E-state index contributed by atoms with van der Waals surface area (Å²) in [5.74, 6) is 0.426. The van der Waals surface area contributed by atoms with E-state index in [9.17, 15) is 14.4 Å². The van der Waals surface area contributed by atoms with Gasteiger partial charge in [-0.15, -0.1) is 0 Å². The van der Waals surface area contributed by atoms with Gasteiger partial charge >= 0.3 is 5.69 Å². The second kappa shape index (κ2) is 10.2. The predicted molar refractivity (Wildman–Crippen MR) is 128 cm³/mol. The molecule has 2 aromatic heterocycles. The Labute approximate surface area is 189 Å². The first-order chi connectivity index (χ1) is 14.8. The summed E-state index contributed by atoms with van der Waals surface area (Å²) in [6, 6.07) is 0. The Morgan fingerprint density at radius 1 is 1.03 bits per heavy atom. The van der Waals surface area contributed by atoms with E-state index < -0.39 is 11.2 Å². The summed E-state index contributed by atoms with van der Waals surface area (Å²) in [6.07, 6.45) is 0.102. The molecule has 0 atom stereocenters. The van der Waals surface area contributed by atoms with Crippen LogP contribution in [0.4, 0.5) is 11.5 Å². The van der Waals surface area contributed by atoms with Gasteiger partial charge in [-0.2, -0.15) is 5.10 Å². The number of hydrogen-bond acceptors (Lipinski definition) is 5. The molecule has 9 nitrogen and oxygen atoms in total. The van der Waals surface area contributed by atoms with Gasteiger partial charge in [-0.3, -0.25) is 23.8 Å². The van der Waals surface area contributed by atoms with Crippen molar-refractivity contribution in [2.75, 3.05) is 17.2 Å². The van der Waals surface area contributed by atoms with Gasteiger partial charge in [0.2, 0.25) is 5.91 Å². The Bertz CT molecular complexity index is 1070. The second-order valence-corrected chi connectivity index (χ2v) is 9.80. The highest BCUT2D eigenvalue weighted by Crippen LogP contribution is 2.22. The van der Waals surface area contributed by atoms with Gasteiger partial charge in [-0.1, -0.05) is 41.5 Å². The summed E-state index contributed by atoms with van der Waals surface area (Å²) in [4.78, 5) is 42.4. The molecule has 3 N–H and O–H groups in total. The van der Waals surface area contributed by atoms with Gasteiger partial charge in [0, 0.05) is 30.9 Å². The molecule has 178 valence electrons. The third kappa shape index (κ3) is 5.69. The van der Waals surface area contributed by atoms with E-state index in [0.717, 1.165) is 23.5 Å². The standard InChI is InChI=1S/C23H38N6O3/c1-13(2)10-27(20-21(24)28(11-14(3)4)23(32)25-22(20)31)19(30)9-18-16(7)26-29(17(18)8)12-15(5)6/h13-15H,9-12,24H2,1-8H3,(H,25,31,32). The molecule has 0 saturated carbocycles. The van der Waals surface area contributed by atoms with E-state index in [0.29, 0.717) is 19.0 Å². The lowest BCUT2D eigenvalue weighted by Gasteiger charge is -2.26. The van der Waals surface area contributed by atoms with Crippen LogP contribution in [0.25, 0.3) is 0 Å². The molecule has 0 fully saturated rings. The fraction of sp³-hybridized carbons (Fsp3) is 0.652. The van der Waals surface area contributed by atoms with Crippen LogP contribution in [0.2, 0.25) is 0 Å². The van der Waals surface area contributed by atoms with Gasteiger partial charge in [-0.25, -0.2) is 4.79 Å². The lowest BCUT2D eigenvalue weighted by atomic mass is 10.1. The van der Waals surface area contributed by atoms with Crippen LogP contribution in [0.5, 0.6) is 0 Å². The van der Waals surface area contributed by atoms with Crippen LogP contribution in [0, 0.1) is 31.6 Å². The molecule has 2 heterocycles. The quantitative estimate of drug-likeness (QED) is 0.613. The van der Waals surface area contributed by atoms with Crippen molar-refractivity contribution >= 4 is 17.4 Å². The van der Waals surface area contributed by atoms with Crippen molar-refractivity contribution in [3.63, 3.8) is 0 Å². The van der Waals surface area contributed by atoms with E-state index in [1.54, 1.807) is 0 Å². The first kappa shape index (κ1) is 25.4. The zero-order valence-corrected chi connectivity index (χ0v) is 20.7. The van der Waals surface area contributed by atoms with Gasteiger partial charge in [0.05, 0.1) is 12.1 Å². The normalized spacial score (nSPS) is 11.7. The van der Waals surface area contributed by atoms with Gasteiger partial charge in [0.25, 0.3) is 5.56 Å². The Hall–Kier alpha value is -2.84. The Kier molecular flexibility index (Phi) is 8.09. The number of rotatable bonds is 9. The third-order valence-electron chi connectivity index (χ3n) is 5.28. The molecule has 1 amide bonds. The summed E-state index contributed by atoms with van der Waals surface area (Å²) < 4.78 is 3.26. The minimum Gasteiger partial charge on any atom is -0.383 e. The highest BCUT2D eigenvalue weighted by molar-refractivity contribution is 5.97. The molecule has 32 heavy (non-hydrogen) atoms. The summed E-state index contributed by atoms with van der Waals surface area (Å²) >= 11 is 0. The van der Waals surface area contributed by atoms with Crippen LogP contribution in [-0.4, -0.2) is 31.8 Å². The number of nitrogens with zero attached hydrogens (tertiary/aromatic N) is 4. The minimum absolute atomic E-state index is 0.0189. The van der Waals surface area contributed by atoms with E-state index in [1.165, 1.54) is 9.47 Å². The Balaban J connectivity index is 2.53. The number of aromatic amines is 1.